The number of furan rings is 1. The van der Waals surface area contributed by atoms with Gasteiger partial charge in [-0.2, -0.15) is 0 Å². The van der Waals surface area contributed by atoms with E-state index in [1.165, 1.54) is 49.0 Å². The van der Waals surface area contributed by atoms with Gasteiger partial charge in [-0.25, -0.2) is 0 Å². The summed E-state index contributed by atoms with van der Waals surface area (Å²) in [6.07, 6.45) is 0. The van der Waals surface area contributed by atoms with Crippen molar-refractivity contribution < 1.29 is 4.42 Å². The summed E-state index contributed by atoms with van der Waals surface area (Å²) in [6.45, 7) is 0. The van der Waals surface area contributed by atoms with E-state index in [0.717, 1.165) is 66.8 Å². The predicted molar refractivity (Wildman–Crippen MR) is 263 cm³/mol. The molecule has 0 aliphatic carbocycles. The Morgan fingerprint density at radius 2 is 0.903 bits per heavy atom. The quantitative estimate of drug-likeness (QED) is 0.150. The lowest BCUT2D eigenvalue weighted by Gasteiger charge is -2.29. The van der Waals surface area contributed by atoms with Crippen LogP contribution in [0.5, 0.6) is 0 Å². The van der Waals surface area contributed by atoms with E-state index in [-0.39, 0.29) is 0 Å². The van der Waals surface area contributed by atoms with Gasteiger partial charge in [-0.3, -0.25) is 0 Å². The van der Waals surface area contributed by atoms with Crippen LogP contribution in [-0.2, 0) is 0 Å². The third-order valence-electron chi connectivity index (χ3n) is 12.4. The molecule has 2 heteroatoms. The molecule has 0 bridgehead atoms. The highest BCUT2D eigenvalue weighted by Gasteiger charge is 2.25. The summed E-state index contributed by atoms with van der Waals surface area (Å²) in [6, 6.07) is 85.4. The third kappa shape index (κ3) is 5.96. The minimum atomic E-state index is 0.856. The van der Waals surface area contributed by atoms with E-state index in [1.54, 1.807) is 0 Å². The summed E-state index contributed by atoms with van der Waals surface area (Å²) in [5.74, 6) is 0. The Morgan fingerprint density at radius 1 is 0.290 bits per heavy atom. The molecule has 1 aromatic heterocycles. The zero-order valence-electron chi connectivity index (χ0n) is 33.9. The van der Waals surface area contributed by atoms with Gasteiger partial charge in [0.25, 0.3) is 0 Å². The molecule has 0 amide bonds. The van der Waals surface area contributed by atoms with Crippen LogP contribution in [0.4, 0.5) is 17.1 Å². The number of anilines is 3. The van der Waals surface area contributed by atoms with E-state index in [9.17, 15) is 0 Å². The van der Waals surface area contributed by atoms with Crippen LogP contribution in [0.2, 0.25) is 0 Å². The number of hydrogen-bond acceptors (Lipinski definition) is 2. The Hall–Kier alpha value is -8.20. The highest BCUT2D eigenvalue weighted by molar-refractivity contribution is 6.21. The molecule has 1 heterocycles. The second-order valence-electron chi connectivity index (χ2n) is 16.0. The topological polar surface area (TPSA) is 16.4 Å². The maximum atomic E-state index is 7.06. The van der Waals surface area contributed by atoms with Gasteiger partial charge in [0, 0.05) is 22.2 Å². The molecular formula is C60H39NO. The van der Waals surface area contributed by atoms with Crippen LogP contribution < -0.4 is 4.90 Å². The molecule has 0 aliphatic rings. The Labute approximate surface area is 360 Å². The summed E-state index contributed by atoms with van der Waals surface area (Å²) in [4.78, 5) is 2.45. The Morgan fingerprint density at radius 3 is 1.74 bits per heavy atom. The van der Waals surface area contributed by atoms with Gasteiger partial charge in [-0.1, -0.05) is 188 Å². The molecule has 11 aromatic carbocycles. The van der Waals surface area contributed by atoms with Gasteiger partial charge < -0.3 is 9.32 Å². The van der Waals surface area contributed by atoms with Crippen LogP contribution in [0, 0.1) is 0 Å². The molecular weight excluding hydrogens is 751 g/mol. The lowest BCUT2D eigenvalue weighted by atomic mass is 9.91. The molecule has 0 N–H and O–H groups in total. The molecule has 0 saturated heterocycles. The van der Waals surface area contributed by atoms with Crippen molar-refractivity contribution in [1.82, 2.24) is 0 Å². The molecule has 2 nitrogen and oxygen atoms in total. The van der Waals surface area contributed by atoms with Crippen molar-refractivity contribution in [2.75, 3.05) is 4.90 Å². The van der Waals surface area contributed by atoms with Crippen LogP contribution in [0.1, 0.15) is 0 Å². The third-order valence-corrected chi connectivity index (χ3v) is 12.4. The number of rotatable bonds is 7. The summed E-state index contributed by atoms with van der Waals surface area (Å²) in [5.41, 5.74) is 14.1. The van der Waals surface area contributed by atoms with Gasteiger partial charge in [-0.05, 0) is 114 Å². The van der Waals surface area contributed by atoms with Crippen molar-refractivity contribution in [1.29, 1.82) is 0 Å². The van der Waals surface area contributed by atoms with E-state index >= 15 is 0 Å². The molecule has 12 aromatic rings. The molecule has 0 fully saturated rings. The van der Waals surface area contributed by atoms with Crippen molar-refractivity contribution in [3.8, 4) is 44.5 Å². The zero-order chi connectivity index (χ0) is 41.0. The largest absolute Gasteiger partial charge is 0.455 e. The molecule has 0 aliphatic heterocycles. The van der Waals surface area contributed by atoms with Gasteiger partial charge in [0.15, 0.2) is 0 Å². The van der Waals surface area contributed by atoms with Crippen molar-refractivity contribution in [2.24, 2.45) is 0 Å². The number of benzene rings is 11. The predicted octanol–water partition coefficient (Wildman–Crippen LogP) is 17.2. The first-order valence-electron chi connectivity index (χ1n) is 21.3. The first-order chi connectivity index (χ1) is 30.8. The molecule has 0 spiro atoms. The van der Waals surface area contributed by atoms with E-state index in [0.29, 0.717) is 0 Å². The van der Waals surface area contributed by atoms with E-state index in [1.807, 2.05) is 0 Å². The molecule has 0 atom stereocenters. The Kier molecular flexibility index (Phi) is 8.53. The number of nitrogens with zero attached hydrogens (tertiary/aromatic N) is 1. The van der Waals surface area contributed by atoms with Crippen LogP contribution >= 0.6 is 0 Å². The van der Waals surface area contributed by atoms with Crippen molar-refractivity contribution in [3.05, 3.63) is 237 Å². The van der Waals surface area contributed by atoms with Gasteiger partial charge in [0.2, 0.25) is 0 Å². The second-order valence-corrected chi connectivity index (χ2v) is 16.0. The highest BCUT2D eigenvalue weighted by Crippen LogP contribution is 2.50. The average Bonchev–Trinajstić information content (AvgIpc) is 3.74. The molecule has 0 saturated carbocycles. The van der Waals surface area contributed by atoms with Crippen molar-refractivity contribution in [2.45, 2.75) is 0 Å². The lowest BCUT2D eigenvalue weighted by Crippen LogP contribution is -2.12. The Balaban J connectivity index is 1.15. The summed E-state index contributed by atoms with van der Waals surface area (Å²) in [7, 11) is 0. The molecule has 0 radical (unpaired) electrons. The summed E-state index contributed by atoms with van der Waals surface area (Å²) >= 11 is 0. The van der Waals surface area contributed by atoms with Gasteiger partial charge in [0.1, 0.15) is 11.2 Å². The fourth-order valence-corrected chi connectivity index (χ4v) is 9.58. The molecule has 12 rings (SSSR count). The first-order valence-corrected chi connectivity index (χ1v) is 21.3. The number of fused-ring (bicyclic) bond motifs is 7. The van der Waals surface area contributed by atoms with Gasteiger partial charge >= 0.3 is 0 Å². The van der Waals surface area contributed by atoms with Crippen LogP contribution in [0.3, 0.4) is 0 Å². The maximum absolute atomic E-state index is 7.06. The maximum Gasteiger partial charge on any atom is 0.145 e. The molecule has 0 unspecified atom stereocenters. The average molecular weight is 790 g/mol. The van der Waals surface area contributed by atoms with E-state index in [4.69, 9.17) is 4.42 Å². The fraction of sp³-hybridized carbons (Fsp3) is 0. The van der Waals surface area contributed by atoms with Crippen LogP contribution in [-0.4, -0.2) is 0 Å². The van der Waals surface area contributed by atoms with Crippen molar-refractivity contribution >= 4 is 71.3 Å². The van der Waals surface area contributed by atoms with Crippen molar-refractivity contribution in [3.63, 3.8) is 0 Å². The highest BCUT2D eigenvalue weighted by atomic mass is 16.3. The first kappa shape index (κ1) is 35.7. The summed E-state index contributed by atoms with van der Waals surface area (Å²) in [5, 5.41) is 9.45. The summed E-state index contributed by atoms with van der Waals surface area (Å²) < 4.78 is 7.06. The SMILES string of the molecule is c1ccc(-c2ccccc2-c2cccc(N(c3ccccc3-c3ccc4ccccc4c3)c3ccc(-c4cc5ccccc5c5ccccc45)c4oc5ccccc5c34)c2)cc1. The monoisotopic (exact) mass is 789 g/mol. The molecule has 62 heavy (non-hydrogen) atoms. The smallest absolute Gasteiger partial charge is 0.145 e. The van der Waals surface area contributed by atoms with Gasteiger partial charge in [-0.15, -0.1) is 0 Å². The minimum Gasteiger partial charge on any atom is -0.455 e. The molecule has 290 valence electrons. The van der Waals surface area contributed by atoms with E-state index < -0.39 is 0 Å². The standard InChI is InChI=1S/C60H39NO/c1-2-18-41(19-3-1)47-24-8-9-25-48(47)43-22-16-23-46(38-43)61(56-31-14-12-27-50(56)45-34-33-40-17-4-5-20-42(40)37-45)57-36-35-53(60-59(57)54-30-13-15-32-58(54)62-60)55-39-44-21-6-7-26-49(44)51-28-10-11-29-52(51)55/h1-39H. The second kappa shape index (κ2) is 14.8. The van der Waals surface area contributed by atoms with Crippen LogP contribution in [0.15, 0.2) is 241 Å². The van der Waals surface area contributed by atoms with Gasteiger partial charge in [0.05, 0.1) is 16.8 Å². The minimum absolute atomic E-state index is 0.856. The normalized spacial score (nSPS) is 11.5. The lowest BCUT2D eigenvalue weighted by molar-refractivity contribution is 0.670. The van der Waals surface area contributed by atoms with E-state index in [2.05, 4.69) is 241 Å². The number of para-hydroxylation sites is 2. The van der Waals surface area contributed by atoms with Crippen LogP contribution in [0.25, 0.3) is 98.8 Å². The Bertz CT molecular complexity index is 3650. The fourth-order valence-electron chi connectivity index (χ4n) is 9.58. The number of hydrogen-bond donors (Lipinski definition) is 0. The zero-order valence-corrected chi connectivity index (χ0v) is 33.9.